The Hall–Kier alpha value is -1.75. The second-order valence-electron chi connectivity index (χ2n) is 4.70. The third-order valence-corrected chi connectivity index (χ3v) is 3.38. The van der Waals surface area contributed by atoms with Crippen LogP contribution in [0.2, 0.25) is 0 Å². The highest BCUT2D eigenvalue weighted by Crippen LogP contribution is 2.28. The molecule has 1 fully saturated rings. The molecule has 5 nitrogen and oxygen atoms in total. The quantitative estimate of drug-likeness (QED) is 0.798. The Morgan fingerprint density at radius 3 is 3.05 bits per heavy atom. The zero-order valence-corrected chi connectivity index (χ0v) is 10.8. The number of hydrogen-bond acceptors (Lipinski definition) is 4. The van der Waals surface area contributed by atoms with Crippen molar-refractivity contribution in [1.82, 2.24) is 0 Å². The number of aliphatic hydroxyl groups is 1. The van der Waals surface area contributed by atoms with Crippen molar-refractivity contribution in [2.45, 2.75) is 31.7 Å². The van der Waals surface area contributed by atoms with E-state index in [1.165, 1.54) is 12.5 Å². The van der Waals surface area contributed by atoms with Gasteiger partial charge in [-0.25, -0.2) is 4.79 Å². The first-order valence-electron chi connectivity index (χ1n) is 6.59. The highest BCUT2D eigenvalue weighted by atomic mass is 16.4. The van der Waals surface area contributed by atoms with Gasteiger partial charge in [0, 0.05) is 31.3 Å². The van der Waals surface area contributed by atoms with E-state index >= 15 is 0 Å². The molecule has 1 aliphatic rings. The smallest absolute Gasteiger partial charge is 0.328 e. The number of carboxylic acid groups (broad SMARTS) is 1. The first-order valence-corrected chi connectivity index (χ1v) is 6.59. The molecule has 19 heavy (non-hydrogen) atoms. The fourth-order valence-electron chi connectivity index (χ4n) is 2.48. The molecule has 0 aliphatic carbocycles. The first kappa shape index (κ1) is 13.7. The average Bonchev–Trinajstić information content (AvgIpc) is 2.86. The molecule has 0 amide bonds. The number of nitrogens with zero attached hydrogens (tertiary/aromatic N) is 1. The fraction of sp³-hybridized carbons (Fsp3) is 0.500. The summed E-state index contributed by atoms with van der Waals surface area (Å²) in [5, 5.41) is 17.7. The van der Waals surface area contributed by atoms with Crippen LogP contribution in [-0.2, 0) is 4.79 Å². The maximum absolute atomic E-state index is 10.5. The summed E-state index contributed by atoms with van der Waals surface area (Å²) >= 11 is 0. The number of rotatable bonds is 5. The predicted octanol–water partition coefficient (Wildman–Crippen LogP) is 2.12. The first-order chi connectivity index (χ1) is 9.20. The van der Waals surface area contributed by atoms with Crippen LogP contribution in [0, 0.1) is 0 Å². The van der Waals surface area contributed by atoms with Crippen molar-refractivity contribution in [3.63, 3.8) is 0 Å². The molecule has 1 saturated heterocycles. The van der Waals surface area contributed by atoms with Gasteiger partial charge in [0.25, 0.3) is 0 Å². The van der Waals surface area contributed by atoms with Crippen molar-refractivity contribution < 1.29 is 19.4 Å². The Balaban J connectivity index is 2.09. The molecule has 1 aromatic heterocycles. The van der Waals surface area contributed by atoms with Crippen molar-refractivity contribution in [2.75, 3.05) is 18.1 Å². The molecule has 0 spiro atoms. The van der Waals surface area contributed by atoms with Crippen LogP contribution in [0.1, 0.15) is 31.4 Å². The van der Waals surface area contributed by atoms with Gasteiger partial charge in [0.2, 0.25) is 0 Å². The lowest BCUT2D eigenvalue weighted by Crippen LogP contribution is -2.39. The van der Waals surface area contributed by atoms with E-state index in [0.717, 1.165) is 37.8 Å². The Labute approximate surface area is 112 Å². The summed E-state index contributed by atoms with van der Waals surface area (Å²) < 4.78 is 5.64. The van der Waals surface area contributed by atoms with Crippen molar-refractivity contribution in [3.8, 4) is 0 Å². The van der Waals surface area contributed by atoms with Gasteiger partial charge in [-0.05, 0) is 37.8 Å². The Morgan fingerprint density at radius 2 is 2.32 bits per heavy atom. The molecule has 2 rings (SSSR count). The van der Waals surface area contributed by atoms with Crippen LogP contribution in [0.5, 0.6) is 0 Å². The van der Waals surface area contributed by atoms with Gasteiger partial charge in [-0.1, -0.05) is 0 Å². The average molecular weight is 265 g/mol. The van der Waals surface area contributed by atoms with Crippen LogP contribution in [0.4, 0.5) is 5.88 Å². The van der Waals surface area contributed by atoms with E-state index in [0.29, 0.717) is 11.8 Å². The monoisotopic (exact) mass is 265 g/mol. The van der Waals surface area contributed by atoms with Crippen LogP contribution in [0.3, 0.4) is 0 Å². The summed E-state index contributed by atoms with van der Waals surface area (Å²) in [7, 11) is 0. The number of piperidine rings is 1. The fourth-order valence-corrected chi connectivity index (χ4v) is 2.48. The number of aliphatic hydroxyl groups excluding tert-OH is 1. The van der Waals surface area contributed by atoms with E-state index in [4.69, 9.17) is 14.6 Å². The van der Waals surface area contributed by atoms with Gasteiger partial charge < -0.3 is 19.5 Å². The van der Waals surface area contributed by atoms with E-state index in [-0.39, 0.29) is 6.61 Å². The molecule has 2 heterocycles. The zero-order chi connectivity index (χ0) is 13.7. The lowest BCUT2D eigenvalue weighted by Gasteiger charge is -2.35. The molecular weight excluding hydrogens is 246 g/mol. The van der Waals surface area contributed by atoms with E-state index in [1.807, 2.05) is 6.07 Å². The second kappa shape index (κ2) is 6.43. The lowest BCUT2D eigenvalue weighted by atomic mass is 10.00. The van der Waals surface area contributed by atoms with Gasteiger partial charge in [0.15, 0.2) is 5.88 Å². The summed E-state index contributed by atoms with van der Waals surface area (Å²) in [5.74, 6) is 0.294. The summed E-state index contributed by atoms with van der Waals surface area (Å²) in [6.45, 7) is 1.09. The molecule has 1 aliphatic heterocycles. The number of aliphatic carboxylic acids is 1. The molecule has 0 aromatic carbocycles. The Bertz CT molecular complexity index is 450. The summed E-state index contributed by atoms with van der Waals surface area (Å²) in [6.07, 6.45) is 6.58. The van der Waals surface area contributed by atoms with Crippen molar-refractivity contribution in [1.29, 1.82) is 0 Å². The topological polar surface area (TPSA) is 73.9 Å². The van der Waals surface area contributed by atoms with Crippen LogP contribution < -0.4 is 4.90 Å². The number of anilines is 1. The molecule has 1 unspecified atom stereocenters. The van der Waals surface area contributed by atoms with Gasteiger partial charge in [0.05, 0.1) is 0 Å². The van der Waals surface area contributed by atoms with Crippen LogP contribution in [0.25, 0.3) is 6.08 Å². The molecule has 104 valence electrons. The third kappa shape index (κ3) is 3.61. The number of carboxylic acids is 1. The lowest BCUT2D eigenvalue weighted by molar-refractivity contribution is -0.131. The highest BCUT2D eigenvalue weighted by molar-refractivity contribution is 5.84. The van der Waals surface area contributed by atoms with Gasteiger partial charge in [-0.15, -0.1) is 0 Å². The van der Waals surface area contributed by atoms with Crippen LogP contribution in [-0.4, -0.2) is 35.4 Å². The summed E-state index contributed by atoms with van der Waals surface area (Å²) in [6, 6.07) is 3.93. The normalized spacial score (nSPS) is 20.1. The third-order valence-electron chi connectivity index (χ3n) is 3.38. The maximum atomic E-state index is 10.5. The number of hydrogen-bond donors (Lipinski definition) is 2. The number of furan rings is 1. The molecule has 0 saturated carbocycles. The Morgan fingerprint density at radius 1 is 1.47 bits per heavy atom. The summed E-state index contributed by atoms with van der Waals surface area (Å²) in [5.41, 5.74) is 0. The minimum absolute atomic E-state index is 0.174. The summed E-state index contributed by atoms with van der Waals surface area (Å²) in [4.78, 5) is 12.6. The molecule has 1 aromatic rings. The van der Waals surface area contributed by atoms with Crippen molar-refractivity contribution in [2.24, 2.45) is 0 Å². The van der Waals surface area contributed by atoms with Crippen LogP contribution in [0.15, 0.2) is 22.6 Å². The van der Waals surface area contributed by atoms with Crippen LogP contribution >= 0.6 is 0 Å². The largest absolute Gasteiger partial charge is 0.478 e. The molecular formula is C14H19NO4. The minimum Gasteiger partial charge on any atom is -0.478 e. The Kier molecular flexibility index (Phi) is 4.63. The van der Waals surface area contributed by atoms with Crippen molar-refractivity contribution >= 4 is 17.9 Å². The van der Waals surface area contributed by atoms with E-state index in [9.17, 15) is 4.79 Å². The second-order valence-corrected chi connectivity index (χ2v) is 4.70. The molecule has 1 atom stereocenters. The SMILES string of the molecule is O=C(O)/C=C/c1ccc(N2CCCCC2CCO)o1. The minimum atomic E-state index is -0.992. The predicted molar refractivity (Wildman–Crippen MR) is 72.1 cm³/mol. The van der Waals surface area contributed by atoms with Gasteiger partial charge >= 0.3 is 5.97 Å². The van der Waals surface area contributed by atoms with Gasteiger partial charge in [-0.3, -0.25) is 0 Å². The van der Waals surface area contributed by atoms with E-state index in [2.05, 4.69) is 4.90 Å². The molecule has 0 bridgehead atoms. The molecule has 0 radical (unpaired) electrons. The van der Waals surface area contributed by atoms with Gasteiger partial charge in [0.1, 0.15) is 5.76 Å². The van der Waals surface area contributed by atoms with E-state index in [1.54, 1.807) is 6.07 Å². The standard InChI is InChI=1S/C14H19NO4/c16-10-8-11-3-1-2-9-15(11)13-6-4-12(19-13)5-7-14(17)18/h4-7,11,16H,1-3,8-10H2,(H,17,18)/b7-5+. The van der Waals surface area contributed by atoms with Gasteiger partial charge in [-0.2, -0.15) is 0 Å². The zero-order valence-electron chi connectivity index (χ0n) is 10.8. The van der Waals surface area contributed by atoms with Crippen molar-refractivity contribution in [3.05, 3.63) is 24.0 Å². The highest BCUT2D eigenvalue weighted by Gasteiger charge is 2.24. The number of carbonyl (C=O) groups is 1. The molecule has 2 N–H and O–H groups in total. The van der Waals surface area contributed by atoms with E-state index < -0.39 is 5.97 Å². The molecule has 5 heteroatoms. The maximum Gasteiger partial charge on any atom is 0.328 e.